The van der Waals surface area contributed by atoms with E-state index in [0.717, 1.165) is 64.2 Å². The Kier molecular flexibility index (Phi) is 5.89. The summed E-state index contributed by atoms with van der Waals surface area (Å²) in [5, 5.41) is 2.59. The van der Waals surface area contributed by atoms with E-state index in [1.165, 1.54) is 0 Å². The van der Waals surface area contributed by atoms with E-state index in [-0.39, 0.29) is 5.41 Å². The Morgan fingerprint density at radius 1 is 1.31 bits per heavy atom. The normalized spacial score (nSPS) is 25.5. The van der Waals surface area contributed by atoms with Gasteiger partial charge in [0.1, 0.15) is 5.82 Å². The number of aromatic nitrogens is 1. The summed E-state index contributed by atoms with van der Waals surface area (Å²) in [4.78, 5) is 33.7. The lowest BCUT2D eigenvalue weighted by atomic mass is 9.78. The van der Waals surface area contributed by atoms with Crippen LogP contribution in [0.4, 0.5) is 10.6 Å². The van der Waals surface area contributed by atoms with Crippen LogP contribution in [0.15, 0.2) is 18.3 Å². The Bertz CT molecular complexity index is 735. The second kappa shape index (κ2) is 8.57. The number of nitrogens with zero attached hydrogens (tertiary/aromatic N) is 3. The quantitative estimate of drug-likeness (QED) is 0.831. The molecule has 0 aromatic carbocycles. The summed E-state index contributed by atoms with van der Waals surface area (Å²) in [5.41, 5.74) is -0.297. The molecule has 4 rings (SSSR count). The summed E-state index contributed by atoms with van der Waals surface area (Å²) >= 11 is 0. The number of piperidine rings is 1. The van der Waals surface area contributed by atoms with Gasteiger partial charge in [-0.1, -0.05) is 0 Å². The number of rotatable bonds is 4. The molecule has 1 spiro atoms. The van der Waals surface area contributed by atoms with Crippen molar-refractivity contribution >= 4 is 17.8 Å². The van der Waals surface area contributed by atoms with Crippen LogP contribution in [0, 0.1) is 5.41 Å². The molecule has 0 aliphatic carbocycles. The lowest BCUT2D eigenvalue weighted by Crippen LogP contribution is -2.50. The second-order valence-corrected chi connectivity index (χ2v) is 8.17. The number of likely N-dealkylation sites (tertiary alicyclic amines) is 1. The van der Waals surface area contributed by atoms with Crippen molar-refractivity contribution in [2.75, 3.05) is 44.3 Å². The van der Waals surface area contributed by atoms with Crippen LogP contribution in [0.3, 0.4) is 0 Å². The minimum Gasteiger partial charge on any atom is -0.409 e. The molecule has 4 heterocycles. The van der Waals surface area contributed by atoms with Gasteiger partial charge in [-0.05, 0) is 51.2 Å². The van der Waals surface area contributed by atoms with Crippen molar-refractivity contribution < 1.29 is 19.1 Å². The molecule has 1 atom stereocenters. The first-order valence-electron chi connectivity index (χ1n) is 10.7. The van der Waals surface area contributed by atoms with Gasteiger partial charge >= 0.3 is 6.09 Å². The highest BCUT2D eigenvalue weighted by atomic mass is 16.6. The Hall–Kier alpha value is -2.35. The molecule has 3 fully saturated rings. The van der Waals surface area contributed by atoms with Gasteiger partial charge in [-0.2, -0.15) is 0 Å². The number of carbonyl (C=O) groups is 2. The first-order chi connectivity index (χ1) is 14.1. The summed E-state index contributed by atoms with van der Waals surface area (Å²) in [5.74, 6) is 1.55. The Morgan fingerprint density at radius 2 is 2.14 bits per heavy atom. The van der Waals surface area contributed by atoms with Gasteiger partial charge < -0.3 is 24.6 Å². The molecule has 8 nitrogen and oxygen atoms in total. The molecule has 3 aliphatic rings. The van der Waals surface area contributed by atoms with E-state index in [0.29, 0.717) is 30.8 Å². The fourth-order valence-electron chi connectivity index (χ4n) is 4.81. The lowest BCUT2D eigenvalue weighted by molar-refractivity contribution is -0.139. The van der Waals surface area contributed by atoms with Crippen LogP contribution in [-0.4, -0.2) is 67.3 Å². The molecule has 2 amide bonds. The number of pyridine rings is 1. The van der Waals surface area contributed by atoms with Gasteiger partial charge in [0.25, 0.3) is 0 Å². The molecule has 3 saturated heterocycles. The van der Waals surface area contributed by atoms with E-state index in [1.54, 1.807) is 12.3 Å². The van der Waals surface area contributed by atoms with Crippen molar-refractivity contribution in [3.63, 3.8) is 0 Å². The van der Waals surface area contributed by atoms with E-state index in [1.807, 2.05) is 13.0 Å². The zero-order valence-corrected chi connectivity index (χ0v) is 17.1. The average Bonchev–Trinajstić information content (AvgIpc) is 3.05. The molecule has 29 heavy (non-hydrogen) atoms. The number of hydrogen-bond acceptors (Lipinski definition) is 6. The zero-order chi connectivity index (χ0) is 20.3. The average molecular weight is 402 g/mol. The lowest BCUT2D eigenvalue weighted by Gasteiger charge is -2.40. The van der Waals surface area contributed by atoms with Gasteiger partial charge in [-0.25, -0.2) is 9.78 Å². The van der Waals surface area contributed by atoms with E-state index in [2.05, 4.69) is 20.1 Å². The van der Waals surface area contributed by atoms with Crippen LogP contribution in [0.5, 0.6) is 5.75 Å². The zero-order valence-electron chi connectivity index (χ0n) is 17.1. The fraction of sp³-hybridized carbons (Fsp3) is 0.667. The molecule has 1 aromatic rings. The minimum absolute atomic E-state index is 0.297. The molecule has 1 aromatic heterocycles. The Morgan fingerprint density at radius 3 is 2.86 bits per heavy atom. The van der Waals surface area contributed by atoms with E-state index < -0.39 is 6.09 Å². The summed E-state index contributed by atoms with van der Waals surface area (Å²) < 4.78 is 10.7. The summed E-state index contributed by atoms with van der Waals surface area (Å²) in [7, 11) is 0. The van der Waals surface area contributed by atoms with Gasteiger partial charge in [0.05, 0.1) is 11.6 Å². The molecule has 3 aliphatic heterocycles. The van der Waals surface area contributed by atoms with E-state index in [4.69, 9.17) is 9.47 Å². The maximum Gasteiger partial charge on any atom is 0.412 e. The number of anilines is 1. The van der Waals surface area contributed by atoms with Crippen molar-refractivity contribution in [3.05, 3.63) is 18.3 Å². The second-order valence-electron chi connectivity index (χ2n) is 8.17. The highest BCUT2D eigenvalue weighted by molar-refractivity contribution is 5.86. The van der Waals surface area contributed by atoms with E-state index >= 15 is 0 Å². The van der Waals surface area contributed by atoms with Gasteiger partial charge in [0, 0.05) is 45.4 Å². The summed E-state index contributed by atoms with van der Waals surface area (Å²) in [6.07, 6.45) is 5.81. The number of hydrogen-bond donors (Lipinski definition) is 1. The standard InChI is InChI=1S/C21H30N4O4/c1-2-22-20(27)29-17-4-5-18(23-14-17)24-10-3-8-21(15-24)9-11-25(19(21)26)16-6-12-28-13-7-16/h4-5,14,16H,2-3,6-13,15H2,1H3,(H,22,27)/t21-/m1/s1. The van der Waals surface area contributed by atoms with Gasteiger partial charge in [0.2, 0.25) is 5.91 Å². The van der Waals surface area contributed by atoms with Crippen LogP contribution >= 0.6 is 0 Å². The SMILES string of the molecule is CCNC(=O)Oc1ccc(N2CCC[C@@]3(CCN(C4CCOCC4)C3=O)C2)nc1. The van der Waals surface area contributed by atoms with Gasteiger partial charge in [-0.3, -0.25) is 4.79 Å². The smallest absolute Gasteiger partial charge is 0.409 e. The van der Waals surface area contributed by atoms with E-state index in [9.17, 15) is 9.59 Å². The maximum absolute atomic E-state index is 13.4. The summed E-state index contributed by atoms with van der Waals surface area (Å²) in [6, 6.07) is 3.95. The molecule has 0 unspecified atom stereocenters. The Balaban J connectivity index is 1.41. The highest BCUT2D eigenvalue weighted by Gasteiger charge is 2.50. The maximum atomic E-state index is 13.4. The van der Waals surface area contributed by atoms with Crippen LogP contribution in [0.25, 0.3) is 0 Å². The molecular weight excluding hydrogens is 372 g/mol. The predicted octanol–water partition coefficient (Wildman–Crippen LogP) is 2.19. The van der Waals surface area contributed by atoms with Crippen LogP contribution in [-0.2, 0) is 9.53 Å². The third kappa shape index (κ3) is 4.17. The van der Waals surface area contributed by atoms with Gasteiger partial charge in [0.15, 0.2) is 5.75 Å². The molecule has 0 bridgehead atoms. The van der Waals surface area contributed by atoms with Gasteiger partial charge in [-0.15, -0.1) is 0 Å². The number of amides is 2. The third-order valence-corrected chi connectivity index (χ3v) is 6.33. The minimum atomic E-state index is -0.483. The predicted molar refractivity (Wildman–Crippen MR) is 108 cm³/mol. The van der Waals surface area contributed by atoms with Crippen molar-refractivity contribution in [1.82, 2.24) is 15.2 Å². The molecular formula is C21H30N4O4. The fourth-order valence-corrected chi connectivity index (χ4v) is 4.81. The number of carbonyl (C=O) groups excluding carboxylic acids is 2. The molecule has 158 valence electrons. The highest BCUT2D eigenvalue weighted by Crippen LogP contribution is 2.42. The van der Waals surface area contributed by atoms with Crippen molar-refractivity contribution in [3.8, 4) is 5.75 Å². The van der Waals surface area contributed by atoms with Crippen molar-refractivity contribution in [1.29, 1.82) is 0 Å². The van der Waals surface area contributed by atoms with Crippen molar-refractivity contribution in [2.24, 2.45) is 5.41 Å². The Labute approximate surface area is 171 Å². The number of ether oxygens (including phenoxy) is 2. The number of nitrogens with one attached hydrogen (secondary N) is 1. The summed E-state index contributed by atoms with van der Waals surface area (Å²) in [6.45, 7) is 6.29. The van der Waals surface area contributed by atoms with Crippen molar-refractivity contribution in [2.45, 2.75) is 45.1 Å². The topological polar surface area (TPSA) is 84.0 Å². The first kappa shape index (κ1) is 19.9. The van der Waals surface area contributed by atoms with Crippen LogP contribution < -0.4 is 15.0 Å². The molecule has 0 radical (unpaired) electrons. The monoisotopic (exact) mass is 402 g/mol. The first-order valence-corrected chi connectivity index (χ1v) is 10.7. The van der Waals surface area contributed by atoms with Crippen LogP contribution in [0.2, 0.25) is 0 Å². The van der Waals surface area contributed by atoms with Crippen LogP contribution in [0.1, 0.15) is 39.0 Å². The molecule has 0 saturated carbocycles. The molecule has 1 N–H and O–H groups in total. The third-order valence-electron chi connectivity index (χ3n) is 6.33. The molecule has 8 heteroatoms. The largest absolute Gasteiger partial charge is 0.412 e.